The van der Waals surface area contributed by atoms with Gasteiger partial charge in [-0.15, -0.1) is 0 Å². The quantitative estimate of drug-likeness (QED) is 0.343. The van der Waals surface area contributed by atoms with Crippen LogP contribution in [-0.4, -0.2) is 25.0 Å². The standard InChI is InChI=1S/C7H8N2O6S/c1-15-7-5(8)2-4(16(12,13)14)3-6(7)9(10)11/h2-3H,8H2,1H3,(H,12,13,14). The molecule has 0 spiro atoms. The van der Waals surface area contributed by atoms with Crippen LogP contribution in [0.1, 0.15) is 0 Å². The normalized spacial score (nSPS) is 11.1. The summed E-state index contributed by atoms with van der Waals surface area (Å²) in [5.41, 5.74) is 4.49. The van der Waals surface area contributed by atoms with Crippen LogP contribution in [-0.2, 0) is 10.1 Å². The fraction of sp³-hybridized carbons (Fsp3) is 0.143. The average Bonchev–Trinajstić information content (AvgIpc) is 2.14. The first-order chi connectivity index (χ1) is 7.27. The Hall–Kier alpha value is -1.87. The van der Waals surface area contributed by atoms with E-state index in [1.54, 1.807) is 0 Å². The van der Waals surface area contributed by atoms with Gasteiger partial charge in [0.1, 0.15) is 4.90 Å². The number of nitrogens with zero attached hydrogens (tertiary/aromatic N) is 1. The summed E-state index contributed by atoms with van der Waals surface area (Å²) in [4.78, 5) is 9.09. The number of rotatable bonds is 3. The van der Waals surface area contributed by atoms with E-state index in [9.17, 15) is 18.5 Å². The van der Waals surface area contributed by atoms with E-state index in [-0.39, 0.29) is 11.4 Å². The number of benzene rings is 1. The third-order valence-electron chi connectivity index (χ3n) is 1.77. The number of anilines is 1. The second-order valence-electron chi connectivity index (χ2n) is 2.80. The number of hydrogen-bond donors (Lipinski definition) is 2. The van der Waals surface area contributed by atoms with Crippen LogP contribution < -0.4 is 10.5 Å². The number of nitro groups is 1. The molecule has 8 nitrogen and oxygen atoms in total. The molecule has 0 fully saturated rings. The Labute approximate surface area is 90.5 Å². The Morgan fingerprint density at radius 3 is 2.44 bits per heavy atom. The topological polar surface area (TPSA) is 133 Å². The molecule has 0 radical (unpaired) electrons. The molecular formula is C7H8N2O6S. The summed E-state index contributed by atoms with van der Waals surface area (Å²) >= 11 is 0. The van der Waals surface area contributed by atoms with E-state index in [0.29, 0.717) is 6.07 Å². The molecule has 0 atom stereocenters. The van der Waals surface area contributed by atoms with Gasteiger partial charge in [-0.2, -0.15) is 8.42 Å². The Kier molecular flexibility index (Phi) is 3.01. The molecule has 0 aliphatic carbocycles. The van der Waals surface area contributed by atoms with Crippen LogP contribution in [0.5, 0.6) is 5.75 Å². The third kappa shape index (κ3) is 2.20. The van der Waals surface area contributed by atoms with E-state index in [0.717, 1.165) is 13.2 Å². The molecule has 0 unspecified atom stereocenters. The van der Waals surface area contributed by atoms with Crippen molar-refractivity contribution in [3.8, 4) is 5.75 Å². The predicted octanol–water partition coefficient (Wildman–Crippen LogP) is 0.432. The molecule has 0 saturated carbocycles. The molecule has 3 N–H and O–H groups in total. The van der Waals surface area contributed by atoms with Crippen LogP contribution in [0.15, 0.2) is 17.0 Å². The number of ether oxygens (including phenoxy) is 1. The molecule has 0 bridgehead atoms. The van der Waals surface area contributed by atoms with E-state index in [1.807, 2.05) is 0 Å². The van der Waals surface area contributed by atoms with Gasteiger partial charge in [0.05, 0.1) is 17.7 Å². The average molecular weight is 248 g/mol. The highest BCUT2D eigenvalue weighted by Crippen LogP contribution is 2.35. The summed E-state index contributed by atoms with van der Waals surface area (Å²) in [6.07, 6.45) is 0. The summed E-state index contributed by atoms with van der Waals surface area (Å²) in [5, 5.41) is 10.6. The molecule has 88 valence electrons. The van der Waals surface area contributed by atoms with Crippen LogP contribution in [0.3, 0.4) is 0 Å². The second-order valence-corrected chi connectivity index (χ2v) is 4.22. The van der Waals surface area contributed by atoms with Crippen LogP contribution in [0.25, 0.3) is 0 Å². The van der Waals surface area contributed by atoms with Gasteiger partial charge in [0.15, 0.2) is 0 Å². The van der Waals surface area contributed by atoms with Crippen molar-refractivity contribution in [2.24, 2.45) is 0 Å². The van der Waals surface area contributed by atoms with E-state index in [4.69, 9.17) is 10.3 Å². The van der Waals surface area contributed by atoms with E-state index >= 15 is 0 Å². The van der Waals surface area contributed by atoms with Crippen molar-refractivity contribution in [3.05, 3.63) is 22.2 Å². The van der Waals surface area contributed by atoms with Crippen molar-refractivity contribution in [2.45, 2.75) is 4.90 Å². The zero-order valence-electron chi connectivity index (χ0n) is 8.08. The maximum Gasteiger partial charge on any atom is 0.314 e. The predicted molar refractivity (Wildman–Crippen MR) is 53.9 cm³/mol. The van der Waals surface area contributed by atoms with E-state index < -0.39 is 25.6 Å². The van der Waals surface area contributed by atoms with Gasteiger partial charge in [0.25, 0.3) is 10.1 Å². The minimum absolute atomic E-state index is 0.246. The molecule has 0 amide bonds. The molecule has 0 aliphatic heterocycles. The van der Waals surface area contributed by atoms with Gasteiger partial charge in [-0.3, -0.25) is 14.7 Å². The van der Waals surface area contributed by atoms with Gasteiger partial charge in [-0.25, -0.2) is 0 Å². The first-order valence-electron chi connectivity index (χ1n) is 3.86. The van der Waals surface area contributed by atoms with Crippen molar-refractivity contribution in [1.29, 1.82) is 0 Å². The minimum Gasteiger partial charge on any atom is -0.489 e. The van der Waals surface area contributed by atoms with Gasteiger partial charge in [0.2, 0.25) is 5.75 Å². The smallest absolute Gasteiger partial charge is 0.314 e. The van der Waals surface area contributed by atoms with E-state index in [2.05, 4.69) is 4.74 Å². The van der Waals surface area contributed by atoms with Gasteiger partial charge >= 0.3 is 5.69 Å². The number of nitrogens with two attached hydrogens (primary N) is 1. The number of hydrogen-bond acceptors (Lipinski definition) is 6. The van der Waals surface area contributed by atoms with E-state index in [1.165, 1.54) is 0 Å². The molecule has 16 heavy (non-hydrogen) atoms. The number of nitro benzene ring substituents is 1. The lowest BCUT2D eigenvalue weighted by molar-refractivity contribution is -0.385. The summed E-state index contributed by atoms with van der Waals surface area (Å²) in [6.45, 7) is 0. The number of nitrogen functional groups attached to an aromatic ring is 1. The Morgan fingerprint density at radius 2 is 2.06 bits per heavy atom. The molecular weight excluding hydrogens is 240 g/mol. The Balaban J connectivity index is 3.59. The SMILES string of the molecule is COc1c(N)cc(S(=O)(=O)O)cc1[N+](=O)[O-]. The summed E-state index contributed by atoms with van der Waals surface area (Å²) in [7, 11) is -3.39. The maximum atomic E-state index is 10.8. The largest absolute Gasteiger partial charge is 0.489 e. The van der Waals surface area contributed by atoms with Crippen LogP contribution in [0.4, 0.5) is 11.4 Å². The first-order valence-corrected chi connectivity index (χ1v) is 5.30. The molecule has 0 saturated heterocycles. The van der Waals surface area contributed by atoms with Gasteiger partial charge in [-0.05, 0) is 6.07 Å². The monoisotopic (exact) mass is 248 g/mol. The number of methoxy groups -OCH3 is 1. The minimum atomic E-state index is -4.55. The highest BCUT2D eigenvalue weighted by atomic mass is 32.2. The summed E-state index contributed by atoms with van der Waals surface area (Å²) in [5.74, 6) is -0.252. The van der Waals surface area contributed by atoms with Gasteiger partial charge in [0, 0.05) is 6.07 Å². The van der Waals surface area contributed by atoms with Crippen molar-refractivity contribution in [1.82, 2.24) is 0 Å². The first kappa shape index (κ1) is 12.2. The maximum absolute atomic E-state index is 10.8. The van der Waals surface area contributed by atoms with Crippen LogP contribution >= 0.6 is 0 Å². The van der Waals surface area contributed by atoms with Crippen molar-refractivity contribution in [2.75, 3.05) is 12.8 Å². The fourth-order valence-corrected chi connectivity index (χ4v) is 1.65. The van der Waals surface area contributed by atoms with Crippen LogP contribution in [0, 0.1) is 10.1 Å². The highest BCUT2D eigenvalue weighted by Gasteiger charge is 2.23. The fourth-order valence-electron chi connectivity index (χ4n) is 1.12. The summed E-state index contributed by atoms with van der Waals surface area (Å²) < 4.78 is 35.0. The van der Waals surface area contributed by atoms with Gasteiger partial charge in [-0.1, -0.05) is 0 Å². The summed E-state index contributed by atoms with van der Waals surface area (Å²) in [6, 6.07) is 1.55. The molecule has 1 aromatic carbocycles. The Bertz CT molecular complexity index is 538. The Morgan fingerprint density at radius 1 is 1.50 bits per heavy atom. The zero-order chi connectivity index (χ0) is 12.5. The molecule has 0 heterocycles. The van der Waals surface area contributed by atoms with Crippen molar-refractivity contribution in [3.63, 3.8) is 0 Å². The molecule has 1 aromatic rings. The third-order valence-corrected chi connectivity index (χ3v) is 2.60. The lowest BCUT2D eigenvalue weighted by Crippen LogP contribution is -2.04. The molecule has 0 aliphatic rings. The van der Waals surface area contributed by atoms with Gasteiger partial charge < -0.3 is 10.5 Å². The van der Waals surface area contributed by atoms with Crippen molar-refractivity contribution >= 4 is 21.5 Å². The lowest BCUT2D eigenvalue weighted by Gasteiger charge is -2.06. The van der Waals surface area contributed by atoms with Crippen molar-refractivity contribution < 1.29 is 22.6 Å². The zero-order valence-corrected chi connectivity index (χ0v) is 8.89. The molecule has 1 rings (SSSR count). The molecule has 0 aromatic heterocycles. The van der Waals surface area contributed by atoms with Crippen LogP contribution in [0.2, 0.25) is 0 Å². The second kappa shape index (κ2) is 3.94. The highest BCUT2D eigenvalue weighted by molar-refractivity contribution is 7.85. The molecule has 9 heteroatoms. The lowest BCUT2D eigenvalue weighted by atomic mass is 10.2.